The SMILES string of the molecule is CC(CNC(=O)OCc1ccccc1)N(C)Cc1ccccc1. The van der Waals surface area contributed by atoms with Crippen molar-refractivity contribution < 1.29 is 9.53 Å². The van der Waals surface area contributed by atoms with E-state index in [1.165, 1.54) is 5.56 Å². The molecule has 1 N–H and O–H groups in total. The number of amides is 1. The minimum atomic E-state index is -0.381. The summed E-state index contributed by atoms with van der Waals surface area (Å²) in [6.45, 7) is 3.78. The van der Waals surface area contributed by atoms with Crippen molar-refractivity contribution in [1.29, 1.82) is 0 Å². The Morgan fingerprint density at radius 3 is 2.22 bits per heavy atom. The summed E-state index contributed by atoms with van der Waals surface area (Å²) in [4.78, 5) is 14.0. The molecule has 23 heavy (non-hydrogen) atoms. The first-order chi connectivity index (χ1) is 11.1. The number of nitrogens with zero attached hydrogens (tertiary/aromatic N) is 1. The lowest BCUT2D eigenvalue weighted by Crippen LogP contribution is -2.39. The van der Waals surface area contributed by atoms with Crippen molar-refractivity contribution in [3.05, 3.63) is 71.8 Å². The molecule has 0 saturated carbocycles. The quantitative estimate of drug-likeness (QED) is 0.851. The predicted octanol–water partition coefficient (Wildman–Crippen LogP) is 3.43. The van der Waals surface area contributed by atoms with E-state index in [-0.39, 0.29) is 12.1 Å². The molecule has 1 atom stereocenters. The van der Waals surface area contributed by atoms with E-state index in [4.69, 9.17) is 4.74 Å². The number of likely N-dealkylation sites (N-methyl/N-ethyl adjacent to an activating group) is 1. The highest BCUT2D eigenvalue weighted by Crippen LogP contribution is 2.05. The molecular weight excluding hydrogens is 288 g/mol. The van der Waals surface area contributed by atoms with Gasteiger partial charge in [-0.25, -0.2) is 4.79 Å². The van der Waals surface area contributed by atoms with Crippen LogP contribution in [-0.2, 0) is 17.9 Å². The van der Waals surface area contributed by atoms with Gasteiger partial charge in [0, 0.05) is 19.1 Å². The number of rotatable bonds is 7. The van der Waals surface area contributed by atoms with Crippen LogP contribution in [0.25, 0.3) is 0 Å². The summed E-state index contributed by atoms with van der Waals surface area (Å²) in [6.07, 6.45) is -0.381. The Bertz CT molecular complexity index is 587. The van der Waals surface area contributed by atoms with Gasteiger partial charge in [0.05, 0.1) is 0 Å². The van der Waals surface area contributed by atoms with Crippen LogP contribution in [0.4, 0.5) is 4.79 Å². The normalized spacial score (nSPS) is 12.0. The fraction of sp³-hybridized carbons (Fsp3) is 0.316. The molecule has 2 rings (SSSR count). The number of hydrogen-bond acceptors (Lipinski definition) is 3. The van der Waals surface area contributed by atoms with Gasteiger partial charge in [-0.15, -0.1) is 0 Å². The molecule has 4 heteroatoms. The third kappa shape index (κ3) is 6.12. The van der Waals surface area contributed by atoms with Crippen molar-refractivity contribution >= 4 is 6.09 Å². The van der Waals surface area contributed by atoms with E-state index in [0.29, 0.717) is 13.2 Å². The van der Waals surface area contributed by atoms with Gasteiger partial charge < -0.3 is 10.1 Å². The zero-order valence-electron chi connectivity index (χ0n) is 13.7. The van der Waals surface area contributed by atoms with Crippen molar-refractivity contribution in [1.82, 2.24) is 10.2 Å². The minimum Gasteiger partial charge on any atom is -0.445 e. The van der Waals surface area contributed by atoms with Gasteiger partial charge in [0.25, 0.3) is 0 Å². The first kappa shape index (κ1) is 17.0. The van der Waals surface area contributed by atoms with Crippen LogP contribution >= 0.6 is 0 Å². The smallest absolute Gasteiger partial charge is 0.407 e. The van der Waals surface area contributed by atoms with Crippen molar-refractivity contribution in [2.75, 3.05) is 13.6 Å². The van der Waals surface area contributed by atoms with Gasteiger partial charge >= 0.3 is 6.09 Å². The average Bonchev–Trinajstić information content (AvgIpc) is 2.59. The summed E-state index contributed by atoms with van der Waals surface area (Å²) >= 11 is 0. The van der Waals surface area contributed by atoms with E-state index < -0.39 is 0 Å². The van der Waals surface area contributed by atoms with Crippen molar-refractivity contribution in [3.63, 3.8) is 0 Å². The number of carbonyl (C=O) groups excluding carboxylic acids is 1. The lowest BCUT2D eigenvalue weighted by Gasteiger charge is -2.24. The second kappa shape index (κ2) is 8.96. The maximum absolute atomic E-state index is 11.7. The molecule has 0 spiro atoms. The zero-order valence-corrected chi connectivity index (χ0v) is 13.7. The van der Waals surface area contributed by atoms with Gasteiger partial charge in [-0.1, -0.05) is 60.7 Å². The summed E-state index contributed by atoms with van der Waals surface area (Å²) in [7, 11) is 2.05. The van der Waals surface area contributed by atoms with Crippen molar-refractivity contribution in [3.8, 4) is 0 Å². The highest BCUT2D eigenvalue weighted by Gasteiger charge is 2.11. The molecule has 0 bridgehead atoms. The molecule has 4 nitrogen and oxygen atoms in total. The Morgan fingerprint density at radius 1 is 1.04 bits per heavy atom. The molecule has 2 aromatic carbocycles. The molecule has 1 unspecified atom stereocenters. The van der Waals surface area contributed by atoms with E-state index in [9.17, 15) is 4.79 Å². The van der Waals surface area contributed by atoms with Crippen LogP contribution in [0, 0.1) is 0 Å². The molecule has 0 aliphatic heterocycles. The summed E-state index contributed by atoms with van der Waals surface area (Å²) < 4.78 is 5.21. The van der Waals surface area contributed by atoms with Crippen LogP contribution in [0.2, 0.25) is 0 Å². The van der Waals surface area contributed by atoms with Crippen molar-refractivity contribution in [2.24, 2.45) is 0 Å². The van der Waals surface area contributed by atoms with Gasteiger partial charge in [-0.3, -0.25) is 4.90 Å². The van der Waals surface area contributed by atoms with E-state index >= 15 is 0 Å². The second-order valence-corrected chi connectivity index (χ2v) is 5.69. The van der Waals surface area contributed by atoms with Gasteiger partial charge in [-0.05, 0) is 25.1 Å². The Morgan fingerprint density at radius 2 is 1.61 bits per heavy atom. The van der Waals surface area contributed by atoms with Crippen molar-refractivity contribution in [2.45, 2.75) is 26.1 Å². The molecule has 0 saturated heterocycles. The summed E-state index contributed by atoms with van der Waals surface area (Å²) in [6, 6.07) is 20.2. The zero-order chi connectivity index (χ0) is 16.5. The summed E-state index contributed by atoms with van der Waals surface area (Å²) in [5, 5.41) is 2.82. The molecule has 0 heterocycles. The second-order valence-electron chi connectivity index (χ2n) is 5.69. The Labute approximate surface area is 138 Å². The first-order valence-corrected chi connectivity index (χ1v) is 7.84. The molecule has 0 aliphatic carbocycles. The fourth-order valence-corrected chi connectivity index (χ4v) is 2.19. The number of nitrogens with one attached hydrogen (secondary N) is 1. The lowest BCUT2D eigenvalue weighted by molar-refractivity contribution is 0.135. The third-order valence-electron chi connectivity index (χ3n) is 3.78. The number of hydrogen-bond donors (Lipinski definition) is 1. The maximum atomic E-state index is 11.7. The summed E-state index contributed by atoms with van der Waals surface area (Å²) in [5.41, 5.74) is 2.24. The van der Waals surface area contributed by atoms with Crippen LogP contribution in [0.1, 0.15) is 18.1 Å². The average molecular weight is 312 g/mol. The standard InChI is InChI=1S/C19H24N2O2/c1-16(21(2)14-17-9-5-3-6-10-17)13-20-19(22)23-15-18-11-7-4-8-12-18/h3-12,16H,13-15H2,1-2H3,(H,20,22). The Kier molecular flexibility index (Phi) is 6.63. The number of ether oxygens (including phenoxy) is 1. The number of alkyl carbamates (subject to hydrolysis) is 1. The first-order valence-electron chi connectivity index (χ1n) is 7.84. The van der Waals surface area contributed by atoms with E-state index in [1.807, 2.05) is 48.5 Å². The Hall–Kier alpha value is -2.33. The van der Waals surface area contributed by atoms with Gasteiger partial charge in [0.1, 0.15) is 6.61 Å². The number of benzene rings is 2. The van der Waals surface area contributed by atoms with Crippen LogP contribution in [0.15, 0.2) is 60.7 Å². The third-order valence-corrected chi connectivity index (χ3v) is 3.78. The molecule has 0 fully saturated rings. The predicted molar refractivity (Wildman–Crippen MR) is 92.0 cm³/mol. The Balaban J connectivity index is 1.68. The molecular formula is C19H24N2O2. The molecule has 0 aliphatic rings. The number of carbonyl (C=O) groups is 1. The minimum absolute atomic E-state index is 0.222. The largest absolute Gasteiger partial charge is 0.445 e. The van der Waals surface area contributed by atoms with E-state index in [2.05, 4.69) is 36.3 Å². The van der Waals surface area contributed by atoms with E-state index in [1.54, 1.807) is 0 Å². The highest BCUT2D eigenvalue weighted by molar-refractivity contribution is 5.67. The van der Waals surface area contributed by atoms with Gasteiger partial charge in [-0.2, -0.15) is 0 Å². The maximum Gasteiger partial charge on any atom is 0.407 e. The van der Waals surface area contributed by atoms with E-state index in [0.717, 1.165) is 12.1 Å². The molecule has 1 amide bonds. The van der Waals surface area contributed by atoms with Gasteiger partial charge in [0.2, 0.25) is 0 Å². The molecule has 2 aromatic rings. The molecule has 0 aromatic heterocycles. The highest BCUT2D eigenvalue weighted by atomic mass is 16.5. The van der Waals surface area contributed by atoms with Crippen LogP contribution in [0.5, 0.6) is 0 Å². The van der Waals surface area contributed by atoms with Gasteiger partial charge in [0.15, 0.2) is 0 Å². The fourth-order valence-electron chi connectivity index (χ4n) is 2.19. The van der Waals surface area contributed by atoms with Crippen LogP contribution < -0.4 is 5.32 Å². The molecule has 122 valence electrons. The lowest BCUT2D eigenvalue weighted by atomic mass is 10.2. The van der Waals surface area contributed by atoms with Crippen LogP contribution in [-0.4, -0.2) is 30.6 Å². The van der Waals surface area contributed by atoms with Crippen LogP contribution in [0.3, 0.4) is 0 Å². The monoisotopic (exact) mass is 312 g/mol. The topological polar surface area (TPSA) is 41.6 Å². The molecule has 0 radical (unpaired) electrons. The summed E-state index contributed by atoms with van der Waals surface area (Å²) in [5.74, 6) is 0.